The van der Waals surface area contributed by atoms with Crippen molar-refractivity contribution in [1.82, 2.24) is 50.2 Å². The van der Waals surface area contributed by atoms with Crippen molar-refractivity contribution in [3.8, 4) is 10.4 Å². The van der Waals surface area contributed by atoms with Crippen molar-refractivity contribution in [1.29, 1.82) is 0 Å². The van der Waals surface area contributed by atoms with E-state index in [0.29, 0.717) is 81.0 Å². The minimum absolute atomic E-state index is 0.00701. The molecule has 2 aromatic heterocycles. The molecule has 32 heteroatoms. The van der Waals surface area contributed by atoms with Gasteiger partial charge >= 0.3 is 5.51 Å². The summed E-state index contributed by atoms with van der Waals surface area (Å²) in [6.07, 6.45) is 8.08. The highest BCUT2D eigenvalue weighted by molar-refractivity contribution is 7.99. The number of anilines is 3. The number of benzene rings is 5. The Morgan fingerprint density at radius 2 is 1.46 bits per heavy atom. The third kappa shape index (κ3) is 22.5. The van der Waals surface area contributed by atoms with Crippen LogP contribution in [0.25, 0.3) is 16.0 Å². The number of nitrogens with one attached hydrogen (secondary N) is 5. The normalized spacial score (nSPS) is 21.0. The van der Waals surface area contributed by atoms with E-state index in [1.54, 1.807) is 29.7 Å². The van der Waals surface area contributed by atoms with Crippen LogP contribution in [0.3, 0.4) is 0 Å². The monoisotopic (exact) mass is 1740 g/mol. The Morgan fingerprint density at radius 1 is 0.767 bits per heavy atom. The van der Waals surface area contributed by atoms with Gasteiger partial charge in [0, 0.05) is 150 Å². The minimum Gasteiger partial charge on any atom is -0.391 e. The van der Waals surface area contributed by atoms with Crippen molar-refractivity contribution in [2.24, 2.45) is 10.8 Å². The Kier molecular flexibility index (Phi) is 29.0. The molecule has 0 saturated carbocycles. The number of pyridine rings is 1. The zero-order valence-electron chi connectivity index (χ0n) is 68.7. The summed E-state index contributed by atoms with van der Waals surface area (Å²) >= 11 is 9.43. The number of hydrogen-bond acceptors (Lipinski definition) is 21. The van der Waals surface area contributed by atoms with Crippen molar-refractivity contribution in [3.05, 3.63) is 184 Å². The lowest BCUT2D eigenvalue weighted by molar-refractivity contribution is -0.144. The number of carbonyl (C=O) groups is 5. The molecular formula is C88H109ClF3N13O11S4. The average molecular weight is 1750 g/mol. The number of hydrogen-bond donors (Lipinski definition) is 6. The molecule has 1 aliphatic carbocycles. The summed E-state index contributed by atoms with van der Waals surface area (Å²) in [6.45, 7) is 21.9. The summed E-state index contributed by atoms with van der Waals surface area (Å²) in [7, 11) is -11.0. The Balaban J connectivity index is 0.538. The number of aromatic nitrogens is 2. The van der Waals surface area contributed by atoms with Crippen molar-refractivity contribution in [2.45, 2.75) is 175 Å². The summed E-state index contributed by atoms with van der Waals surface area (Å²) in [6, 6.07) is 35.4. The number of allylic oxidation sites excluding steroid dienone is 1. The number of sulfone groups is 1. The van der Waals surface area contributed by atoms with Gasteiger partial charge < -0.3 is 45.8 Å². The van der Waals surface area contributed by atoms with E-state index in [-0.39, 0.29) is 66.3 Å². The molecule has 8 atom stereocenters. The van der Waals surface area contributed by atoms with Gasteiger partial charge in [0.2, 0.25) is 17.7 Å². The molecule has 0 unspecified atom stereocenters. The highest BCUT2D eigenvalue weighted by atomic mass is 35.5. The van der Waals surface area contributed by atoms with Gasteiger partial charge in [-0.2, -0.15) is 13.2 Å². The van der Waals surface area contributed by atoms with Crippen molar-refractivity contribution >= 4 is 107 Å². The van der Waals surface area contributed by atoms with E-state index >= 15 is 0 Å². The van der Waals surface area contributed by atoms with Gasteiger partial charge in [-0.3, -0.25) is 38.7 Å². The molecule has 7 heterocycles. The van der Waals surface area contributed by atoms with Crippen LogP contribution in [0.5, 0.6) is 0 Å². The third-order valence-corrected chi connectivity index (χ3v) is 29.2. The molecule has 6 aliphatic rings. The lowest BCUT2D eigenvalue weighted by Gasteiger charge is -2.44. The summed E-state index contributed by atoms with van der Waals surface area (Å²) in [5.74, 6) is -1.16. The van der Waals surface area contributed by atoms with Gasteiger partial charge in [0.05, 0.1) is 57.1 Å². The number of halogens is 4. The number of nitrogens with zero attached hydrogens (tertiary/aromatic N) is 8. The number of β-amino-alcohol motifs (C(OH)–C–C–N with tert-alkyl or cyclic N) is 1. The number of aliphatic hydroxyl groups is 1. The van der Waals surface area contributed by atoms with E-state index in [9.17, 15) is 59.1 Å². The minimum atomic E-state index is -6.11. The smallest absolute Gasteiger partial charge is 0.391 e. The predicted molar refractivity (Wildman–Crippen MR) is 463 cm³/mol. The third-order valence-electron chi connectivity index (χ3n) is 23.9. The highest BCUT2D eigenvalue weighted by Gasteiger charge is 2.50. The fourth-order valence-electron chi connectivity index (χ4n) is 17.1. The first-order chi connectivity index (χ1) is 57.2. The summed E-state index contributed by atoms with van der Waals surface area (Å²) < 4.78 is 106. The number of rotatable bonds is 33. The number of unbranched alkanes of at least 4 members (excludes halogenated alkanes) is 3. The van der Waals surface area contributed by atoms with E-state index in [1.807, 2.05) is 124 Å². The SMILES string of the molecule is Cc1ncsc1-c1ccc([C@H](C)NC(=O)[C@@H]2C[C@@H](O)CN2C(=O)[C@@H](NC(=O)CCCCCCNC(=O)c2ccc(N3CCN(C[C@]4(C)CCC(c5ccc(Cl)cc5)=C(CN5CCN(c6ccc(C(=O)NS(=O)(=O)c7ccc(N[C@H](CCN8C[C@H]9C[C@@H]8CO9)CSc8ccccc8)c(S(=O)(=O)C(F)(F)F)c7)cc6)CC5)C4)CC3)nc2)C(C)(C)C)cc1. The molecule has 5 amide bonds. The predicted octanol–water partition coefficient (Wildman–Crippen LogP) is 12.7. The van der Waals surface area contributed by atoms with Gasteiger partial charge in [-0.15, -0.1) is 23.1 Å². The van der Waals surface area contributed by atoms with E-state index in [2.05, 4.69) is 69.8 Å². The molecule has 5 aromatic carbocycles. The van der Waals surface area contributed by atoms with Gasteiger partial charge in [0.1, 0.15) is 22.8 Å². The second kappa shape index (κ2) is 38.9. The maximum absolute atomic E-state index is 14.5. The Hall–Kier alpha value is -8.50. The molecule has 2 bridgehead atoms. The average Bonchev–Trinajstić information content (AvgIpc) is 1.73. The molecule has 24 nitrogen and oxygen atoms in total. The zero-order chi connectivity index (χ0) is 85.3. The van der Waals surface area contributed by atoms with Crippen molar-refractivity contribution < 1.29 is 63.8 Å². The summed E-state index contributed by atoms with van der Waals surface area (Å²) in [4.78, 5) is 90.6. The molecule has 5 saturated heterocycles. The number of thioether (sulfide) groups is 1. The number of sulfonamides is 1. The Labute approximate surface area is 715 Å². The number of thiazole rings is 1. The van der Waals surface area contributed by atoms with E-state index in [1.165, 1.54) is 39.9 Å². The number of carbonyl (C=O) groups excluding carboxylic acids is 5. The van der Waals surface area contributed by atoms with E-state index in [4.69, 9.17) is 21.3 Å². The maximum atomic E-state index is 14.5. The molecule has 644 valence electrons. The van der Waals surface area contributed by atoms with Crippen LogP contribution in [0.2, 0.25) is 5.02 Å². The second-order valence-electron chi connectivity index (χ2n) is 34.0. The van der Waals surface area contributed by atoms with Crippen LogP contribution in [0.1, 0.15) is 149 Å². The first-order valence-corrected chi connectivity index (χ1v) is 46.6. The Bertz CT molecular complexity index is 5020. The lowest BCUT2D eigenvalue weighted by atomic mass is 9.71. The first kappa shape index (κ1) is 89.3. The van der Waals surface area contributed by atoms with E-state index < -0.39 is 82.3 Å². The van der Waals surface area contributed by atoms with Gasteiger partial charge in [-0.1, -0.05) is 112 Å². The van der Waals surface area contributed by atoms with E-state index in [0.717, 1.165) is 147 Å². The lowest BCUT2D eigenvalue weighted by Crippen LogP contribution is -2.57. The van der Waals surface area contributed by atoms with Gasteiger partial charge in [-0.05, 0) is 171 Å². The molecule has 13 rings (SSSR count). The number of ether oxygens (including phenoxy) is 1. The van der Waals surface area contributed by atoms with Crippen LogP contribution in [0, 0.1) is 17.8 Å². The molecule has 0 spiro atoms. The molecule has 5 fully saturated rings. The van der Waals surface area contributed by atoms with Crippen LogP contribution in [0.15, 0.2) is 165 Å². The fourth-order valence-corrected chi connectivity index (χ4v) is 21.1. The van der Waals surface area contributed by atoms with Gasteiger partial charge in [0.15, 0.2) is 0 Å². The Morgan fingerprint density at radius 3 is 2.12 bits per heavy atom. The topological polar surface area (TPSA) is 288 Å². The number of amides is 5. The summed E-state index contributed by atoms with van der Waals surface area (Å²) in [5.41, 5.74) is 2.93. The number of fused-ring (bicyclic) bond motifs is 2. The zero-order valence-corrected chi connectivity index (χ0v) is 72.8. The number of alkyl halides is 3. The maximum Gasteiger partial charge on any atom is 0.501 e. The van der Waals surface area contributed by atoms with Crippen LogP contribution < -0.4 is 35.8 Å². The van der Waals surface area contributed by atoms with Gasteiger partial charge in [-0.25, -0.2) is 31.5 Å². The standard InChI is InChI=1S/C88H109ClF3N13O11S4/c1-58(60-17-19-62(20-18-60)80-59(2)95-57-118-80)96-84(110)76-47-70(106)52-105(76)85(111)81(86(3,4)5)98-79(107)16-12-7-8-13-36-93-82(108)64-25-32-78(94-50-64)103-44-40-101(41-45-103)56-87(6)35-33-74(61-21-26-66(89)27-22-61)65(49-87)51-100-38-42-102(43-39-100)68-28-23-63(24-29-68)83(109)99-120(114,115)73-30-31-75(77(48-73)119(112,113)88(90,91)92)97-67(55-117-72-14-10-9-11-15-72)34-37-104-53-71-46-69(104)54-116-71/h9-11,14-15,17-32,48,50,57-58,67,69-71,76,81,97,106H,7-8,12-13,16,33-47,49,51-56H2,1-6H3,(H,93,108)(H,96,110)(H,98,107)(H,99,109)/t58-,67+,69+,70+,71+,76-,81+,87+/m0/s1. The number of aryl methyl sites for hydroxylation is 1. The molecule has 7 aromatic rings. The number of likely N-dealkylation sites (tertiary alicyclic amines) is 2. The number of aliphatic hydroxyl groups excluding tert-OH is 1. The highest BCUT2D eigenvalue weighted by Crippen LogP contribution is 2.45. The van der Waals surface area contributed by atoms with Crippen LogP contribution in [-0.2, 0) is 39.0 Å². The van der Waals surface area contributed by atoms with Crippen molar-refractivity contribution in [2.75, 3.05) is 119 Å². The molecule has 5 aliphatic heterocycles. The van der Waals surface area contributed by atoms with Crippen molar-refractivity contribution in [3.63, 3.8) is 0 Å². The second-order valence-corrected chi connectivity index (χ2v) is 40.0. The van der Waals surface area contributed by atoms with Gasteiger partial charge in [0.25, 0.3) is 31.7 Å². The molecule has 6 N–H and O–H groups in total. The number of morpholine rings is 1. The summed E-state index contributed by atoms with van der Waals surface area (Å²) in [5, 5.41) is 23.5. The first-order valence-electron chi connectivity index (χ1n) is 41.4. The molecule has 120 heavy (non-hydrogen) atoms. The molecular weight excluding hydrogens is 1640 g/mol. The number of piperazine rings is 2. The van der Waals surface area contributed by atoms with Crippen LogP contribution in [-0.4, -0.2) is 227 Å². The fraction of sp³-hybridized carbons (Fsp3) is 0.489. The quantitative estimate of drug-likeness (QED) is 0.0165. The van der Waals surface area contributed by atoms with Crippen LogP contribution >= 0.6 is 34.7 Å². The van der Waals surface area contributed by atoms with Crippen LogP contribution in [0.4, 0.5) is 30.4 Å². The molecule has 0 radical (unpaired) electrons. The largest absolute Gasteiger partial charge is 0.501 e.